The van der Waals surface area contributed by atoms with Crippen LogP contribution in [0, 0.1) is 11.3 Å². The number of benzene rings is 2. The van der Waals surface area contributed by atoms with E-state index >= 15 is 0 Å². The van der Waals surface area contributed by atoms with Gasteiger partial charge in [0.25, 0.3) is 0 Å². The van der Waals surface area contributed by atoms with Crippen LogP contribution >= 0.6 is 11.8 Å². The van der Waals surface area contributed by atoms with Gasteiger partial charge in [0.15, 0.2) is 0 Å². The summed E-state index contributed by atoms with van der Waals surface area (Å²) in [5.41, 5.74) is 3.66. The number of nitriles is 1. The van der Waals surface area contributed by atoms with E-state index in [2.05, 4.69) is 6.07 Å². The number of ether oxygens (including phenoxy) is 1. The van der Waals surface area contributed by atoms with Crippen molar-refractivity contribution < 1.29 is 9.53 Å². The predicted octanol–water partition coefficient (Wildman–Crippen LogP) is 4.56. The Morgan fingerprint density at radius 3 is 2.13 bits per heavy atom. The molecule has 0 amide bonds. The Hall–Kier alpha value is -2.25. The molecule has 0 aliphatic heterocycles. The van der Waals surface area contributed by atoms with Crippen molar-refractivity contribution in [3.63, 3.8) is 0 Å². The molecule has 0 saturated carbocycles. The molecule has 0 N–H and O–H groups in total. The monoisotopic (exact) mass is 325 g/mol. The van der Waals surface area contributed by atoms with Gasteiger partial charge in [0.05, 0.1) is 23.8 Å². The number of carbonyl (C=O) groups is 1. The van der Waals surface area contributed by atoms with E-state index in [-0.39, 0.29) is 5.97 Å². The number of thioether (sulfide) groups is 1. The topological polar surface area (TPSA) is 50.1 Å². The minimum absolute atomic E-state index is 0.261. The van der Waals surface area contributed by atoms with Crippen molar-refractivity contribution in [1.29, 1.82) is 5.26 Å². The maximum Gasteiger partial charge on any atom is 0.338 e. The molecular formula is C19H19NO2S. The minimum atomic E-state index is -0.261. The summed E-state index contributed by atoms with van der Waals surface area (Å²) < 4.78 is 5.11. The van der Waals surface area contributed by atoms with E-state index in [9.17, 15) is 4.79 Å². The van der Waals surface area contributed by atoms with Crippen LogP contribution in [0.3, 0.4) is 0 Å². The molecule has 3 nitrogen and oxygen atoms in total. The molecule has 0 aliphatic rings. The van der Waals surface area contributed by atoms with Crippen molar-refractivity contribution in [2.24, 2.45) is 0 Å². The van der Waals surface area contributed by atoms with Gasteiger partial charge in [-0.05, 0) is 41.8 Å². The fourth-order valence-electron chi connectivity index (χ4n) is 1.98. The van der Waals surface area contributed by atoms with Crippen LogP contribution < -0.4 is 0 Å². The molecule has 0 spiro atoms. The summed E-state index contributed by atoms with van der Waals surface area (Å²) in [5.74, 6) is 1.51. The average molecular weight is 325 g/mol. The molecule has 0 atom stereocenters. The van der Waals surface area contributed by atoms with Gasteiger partial charge in [0.2, 0.25) is 0 Å². The largest absolute Gasteiger partial charge is 0.462 e. The summed E-state index contributed by atoms with van der Waals surface area (Å²) in [7, 11) is 0. The van der Waals surface area contributed by atoms with E-state index in [1.807, 2.05) is 55.5 Å². The van der Waals surface area contributed by atoms with Gasteiger partial charge in [0, 0.05) is 11.5 Å². The SMILES string of the molecule is CCCOC(=O)c1ccc(CSCc2ccc(C#N)cc2)cc1. The van der Waals surface area contributed by atoms with Crippen molar-refractivity contribution >= 4 is 17.7 Å². The molecule has 0 unspecified atom stereocenters. The third kappa shape index (κ3) is 5.46. The highest BCUT2D eigenvalue weighted by Gasteiger charge is 2.06. The standard InChI is InChI=1S/C19H19NO2S/c1-2-11-22-19(21)18-9-7-17(8-10-18)14-23-13-16-5-3-15(12-20)4-6-16/h3-10H,2,11,13-14H2,1H3. The second-order valence-corrected chi connectivity index (χ2v) is 6.12. The van der Waals surface area contributed by atoms with Crippen molar-refractivity contribution in [1.82, 2.24) is 0 Å². The third-order valence-electron chi connectivity index (χ3n) is 3.25. The number of hydrogen-bond donors (Lipinski definition) is 0. The summed E-state index contributed by atoms with van der Waals surface area (Å²) in [6.45, 7) is 2.43. The highest BCUT2D eigenvalue weighted by atomic mass is 32.2. The lowest BCUT2D eigenvalue weighted by atomic mass is 10.1. The predicted molar refractivity (Wildman–Crippen MR) is 93.2 cm³/mol. The van der Waals surface area contributed by atoms with E-state index in [4.69, 9.17) is 10.00 Å². The van der Waals surface area contributed by atoms with E-state index in [1.54, 1.807) is 11.8 Å². The smallest absolute Gasteiger partial charge is 0.338 e. The Morgan fingerprint density at radius 2 is 1.61 bits per heavy atom. The van der Waals surface area contributed by atoms with Gasteiger partial charge in [-0.25, -0.2) is 4.79 Å². The molecule has 118 valence electrons. The zero-order chi connectivity index (χ0) is 16.5. The average Bonchev–Trinajstić information content (AvgIpc) is 2.61. The highest BCUT2D eigenvalue weighted by Crippen LogP contribution is 2.19. The van der Waals surface area contributed by atoms with Gasteiger partial charge in [-0.15, -0.1) is 0 Å². The van der Waals surface area contributed by atoms with Gasteiger partial charge in [0.1, 0.15) is 0 Å². The molecule has 0 heterocycles. The molecule has 0 aromatic heterocycles. The maximum absolute atomic E-state index is 11.7. The highest BCUT2D eigenvalue weighted by molar-refractivity contribution is 7.97. The van der Waals surface area contributed by atoms with Crippen LogP contribution in [0.2, 0.25) is 0 Å². The van der Waals surface area contributed by atoms with Gasteiger partial charge < -0.3 is 4.74 Å². The summed E-state index contributed by atoms with van der Waals surface area (Å²) in [6, 6.07) is 17.3. The normalized spacial score (nSPS) is 10.1. The van der Waals surface area contributed by atoms with E-state index in [1.165, 1.54) is 11.1 Å². The fraction of sp³-hybridized carbons (Fsp3) is 0.263. The molecule has 2 aromatic rings. The number of rotatable bonds is 7. The summed E-state index contributed by atoms with van der Waals surface area (Å²) in [6.07, 6.45) is 0.829. The lowest BCUT2D eigenvalue weighted by Gasteiger charge is -2.05. The Balaban J connectivity index is 1.81. The number of hydrogen-bond acceptors (Lipinski definition) is 4. The zero-order valence-corrected chi connectivity index (χ0v) is 13.9. The van der Waals surface area contributed by atoms with Crippen LogP contribution in [0.1, 0.15) is 40.4 Å². The molecule has 23 heavy (non-hydrogen) atoms. The molecule has 0 fully saturated rings. The maximum atomic E-state index is 11.7. The van der Waals surface area contributed by atoms with Gasteiger partial charge in [-0.2, -0.15) is 17.0 Å². The lowest BCUT2D eigenvalue weighted by Crippen LogP contribution is -2.05. The first-order chi connectivity index (χ1) is 11.2. The first-order valence-electron chi connectivity index (χ1n) is 7.55. The summed E-state index contributed by atoms with van der Waals surface area (Å²) in [5, 5.41) is 8.77. The molecule has 0 bridgehead atoms. The van der Waals surface area contributed by atoms with Crippen LogP contribution in [0.5, 0.6) is 0 Å². The fourth-order valence-corrected chi connectivity index (χ4v) is 2.94. The number of nitrogens with zero attached hydrogens (tertiary/aromatic N) is 1. The van der Waals surface area contributed by atoms with E-state index in [0.717, 1.165) is 17.9 Å². The quantitative estimate of drug-likeness (QED) is 0.700. The van der Waals surface area contributed by atoms with Crippen molar-refractivity contribution in [3.8, 4) is 6.07 Å². The van der Waals surface area contributed by atoms with E-state index < -0.39 is 0 Å². The van der Waals surface area contributed by atoms with Crippen LogP contribution in [-0.2, 0) is 16.2 Å². The minimum Gasteiger partial charge on any atom is -0.462 e. The van der Waals surface area contributed by atoms with Crippen LogP contribution in [0.4, 0.5) is 0 Å². The van der Waals surface area contributed by atoms with Crippen molar-refractivity contribution in [2.75, 3.05) is 6.61 Å². The Labute approximate surface area is 141 Å². The van der Waals surface area contributed by atoms with Crippen molar-refractivity contribution in [3.05, 3.63) is 70.8 Å². The molecule has 0 aliphatic carbocycles. The number of esters is 1. The summed E-state index contributed by atoms with van der Waals surface area (Å²) in [4.78, 5) is 11.7. The molecular weight excluding hydrogens is 306 g/mol. The molecule has 0 radical (unpaired) electrons. The lowest BCUT2D eigenvalue weighted by molar-refractivity contribution is 0.0505. The Kier molecular flexibility index (Phi) is 6.71. The van der Waals surface area contributed by atoms with Gasteiger partial charge in [-0.1, -0.05) is 31.2 Å². The molecule has 2 rings (SSSR count). The van der Waals surface area contributed by atoms with Crippen LogP contribution in [0.15, 0.2) is 48.5 Å². The third-order valence-corrected chi connectivity index (χ3v) is 4.32. The Morgan fingerprint density at radius 1 is 1.04 bits per heavy atom. The first-order valence-corrected chi connectivity index (χ1v) is 8.71. The second-order valence-electron chi connectivity index (χ2n) is 5.13. The number of carbonyl (C=O) groups excluding carboxylic acids is 1. The van der Waals surface area contributed by atoms with Crippen LogP contribution in [0.25, 0.3) is 0 Å². The van der Waals surface area contributed by atoms with Crippen LogP contribution in [-0.4, -0.2) is 12.6 Å². The second kappa shape index (κ2) is 9.02. The zero-order valence-electron chi connectivity index (χ0n) is 13.1. The Bertz CT molecular complexity index is 672. The summed E-state index contributed by atoms with van der Waals surface area (Å²) >= 11 is 1.80. The molecule has 2 aromatic carbocycles. The molecule has 4 heteroatoms. The van der Waals surface area contributed by atoms with Gasteiger partial charge >= 0.3 is 5.97 Å². The van der Waals surface area contributed by atoms with Gasteiger partial charge in [-0.3, -0.25) is 0 Å². The molecule has 0 saturated heterocycles. The van der Waals surface area contributed by atoms with Crippen molar-refractivity contribution in [2.45, 2.75) is 24.9 Å². The first kappa shape index (κ1) is 17.1. The van der Waals surface area contributed by atoms with E-state index in [0.29, 0.717) is 17.7 Å².